The number of hydrogen-bond acceptors (Lipinski definition) is 4. The standard InChI is InChI=1S/C19H24N2O4S/c1-15-5-3-6-16(13-15)14-21-26(23,24)18-9-7-17(8-10-18)19(22)20-11-4-12-25-2/h3,5-10,13,21H,4,11-12,14H2,1-2H3,(H,20,22). The van der Waals surface area contributed by atoms with Crippen LogP contribution in [0.3, 0.4) is 0 Å². The number of nitrogens with one attached hydrogen (secondary N) is 2. The lowest BCUT2D eigenvalue weighted by molar-refractivity contribution is 0.0948. The van der Waals surface area contributed by atoms with Gasteiger partial charge in [0.05, 0.1) is 4.90 Å². The highest BCUT2D eigenvalue weighted by Crippen LogP contribution is 2.12. The minimum absolute atomic E-state index is 0.126. The molecule has 140 valence electrons. The predicted molar refractivity (Wildman–Crippen MR) is 100 cm³/mol. The molecule has 0 aliphatic heterocycles. The summed E-state index contributed by atoms with van der Waals surface area (Å²) in [6.07, 6.45) is 0.720. The second-order valence-electron chi connectivity index (χ2n) is 5.94. The van der Waals surface area contributed by atoms with Crippen LogP contribution in [0.5, 0.6) is 0 Å². The molecule has 0 fully saturated rings. The number of carbonyl (C=O) groups is 1. The Morgan fingerprint density at radius 3 is 2.50 bits per heavy atom. The van der Waals surface area contributed by atoms with Crippen molar-refractivity contribution in [3.8, 4) is 0 Å². The molecule has 0 saturated carbocycles. The first kappa shape index (κ1) is 20.1. The van der Waals surface area contributed by atoms with Gasteiger partial charge in [-0.1, -0.05) is 29.8 Å². The number of rotatable bonds is 9. The van der Waals surface area contributed by atoms with Crippen LogP contribution < -0.4 is 10.0 Å². The zero-order valence-electron chi connectivity index (χ0n) is 15.0. The van der Waals surface area contributed by atoms with Gasteiger partial charge in [-0.05, 0) is 43.2 Å². The van der Waals surface area contributed by atoms with Crippen LogP contribution in [-0.4, -0.2) is 34.6 Å². The summed E-state index contributed by atoms with van der Waals surface area (Å²) in [5.74, 6) is -0.238. The van der Waals surface area contributed by atoms with E-state index in [0.717, 1.165) is 17.5 Å². The Balaban J connectivity index is 1.96. The summed E-state index contributed by atoms with van der Waals surface area (Å²) in [6, 6.07) is 13.5. The van der Waals surface area contributed by atoms with Gasteiger partial charge in [-0.25, -0.2) is 13.1 Å². The monoisotopic (exact) mass is 376 g/mol. The highest BCUT2D eigenvalue weighted by atomic mass is 32.2. The van der Waals surface area contributed by atoms with E-state index in [-0.39, 0.29) is 17.3 Å². The van der Waals surface area contributed by atoms with E-state index in [0.29, 0.717) is 18.7 Å². The van der Waals surface area contributed by atoms with Crippen LogP contribution in [0.4, 0.5) is 0 Å². The van der Waals surface area contributed by atoms with Gasteiger partial charge >= 0.3 is 0 Å². The molecule has 2 aromatic carbocycles. The molecule has 2 rings (SSSR count). The van der Waals surface area contributed by atoms with Crippen molar-refractivity contribution in [3.05, 3.63) is 65.2 Å². The van der Waals surface area contributed by atoms with Crippen molar-refractivity contribution >= 4 is 15.9 Å². The van der Waals surface area contributed by atoms with E-state index < -0.39 is 10.0 Å². The molecule has 0 aromatic heterocycles. The third kappa shape index (κ3) is 5.94. The molecule has 0 bridgehead atoms. The zero-order chi connectivity index (χ0) is 19.0. The minimum atomic E-state index is -3.64. The number of benzene rings is 2. The molecule has 7 heteroatoms. The fourth-order valence-electron chi connectivity index (χ4n) is 2.39. The fraction of sp³-hybridized carbons (Fsp3) is 0.316. The number of carbonyl (C=O) groups excluding carboxylic acids is 1. The van der Waals surface area contributed by atoms with Gasteiger partial charge in [0.1, 0.15) is 0 Å². The summed E-state index contributed by atoms with van der Waals surface area (Å²) in [6.45, 7) is 3.25. The molecule has 1 amide bonds. The molecule has 26 heavy (non-hydrogen) atoms. The molecule has 0 heterocycles. The van der Waals surface area contributed by atoms with Gasteiger partial charge in [-0.15, -0.1) is 0 Å². The first-order chi connectivity index (χ1) is 12.4. The molecule has 0 aliphatic carbocycles. The Morgan fingerprint density at radius 1 is 1.12 bits per heavy atom. The SMILES string of the molecule is COCCCNC(=O)c1ccc(S(=O)(=O)NCc2cccc(C)c2)cc1. The quantitative estimate of drug-likeness (QED) is 0.658. The van der Waals surface area contributed by atoms with Gasteiger partial charge < -0.3 is 10.1 Å². The van der Waals surface area contributed by atoms with Crippen molar-refractivity contribution in [3.63, 3.8) is 0 Å². The van der Waals surface area contributed by atoms with E-state index in [2.05, 4.69) is 10.0 Å². The maximum absolute atomic E-state index is 12.4. The van der Waals surface area contributed by atoms with Crippen molar-refractivity contribution in [2.45, 2.75) is 24.8 Å². The number of sulfonamides is 1. The number of hydrogen-bond donors (Lipinski definition) is 2. The number of aryl methyl sites for hydroxylation is 1. The largest absolute Gasteiger partial charge is 0.385 e. The molecule has 0 aliphatic rings. The van der Waals surface area contributed by atoms with Crippen LogP contribution in [0.1, 0.15) is 27.9 Å². The van der Waals surface area contributed by atoms with E-state index in [1.807, 2.05) is 31.2 Å². The first-order valence-corrected chi connectivity index (χ1v) is 9.83. The lowest BCUT2D eigenvalue weighted by atomic mass is 10.1. The van der Waals surface area contributed by atoms with Gasteiger partial charge in [0.15, 0.2) is 0 Å². The van der Waals surface area contributed by atoms with Crippen LogP contribution >= 0.6 is 0 Å². The average Bonchev–Trinajstić information content (AvgIpc) is 2.64. The second kappa shape index (κ2) is 9.47. The first-order valence-electron chi connectivity index (χ1n) is 8.35. The minimum Gasteiger partial charge on any atom is -0.385 e. The van der Waals surface area contributed by atoms with Crippen molar-refractivity contribution in [1.29, 1.82) is 0 Å². The van der Waals surface area contributed by atoms with Crippen molar-refractivity contribution < 1.29 is 17.9 Å². The topological polar surface area (TPSA) is 84.5 Å². The van der Waals surface area contributed by atoms with Crippen molar-refractivity contribution in [2.75, 3.05) is 20.3 Å². The Labute approximate surface area is 154 Å². The zero-order valence-corrected chi connectivity index (χ0v) is 15.8. The van der Waals surface area contributed by atoms with Crippen LogP contribution in [0, 0.1) is 6.92 Å². The Hall–Kier alpha value is -2.22. The summed E-state index contributed by atoms with van der Waals surface area (Å²) in [7, 11) is -2.03. The maximum Gasteiger partial charge on any atom is 0.251 e. The normalized spacial score (nSPS) is 11.3. The lowest BCUT2D eigenvalue weighted by Gasteiger charge is -2.09. The molecule has 6 nitrogen and oxygen atoms in total. The summed E-state index contributed by atoms with van der Waals surface area (Å²) in [5.41, 5.74) is 2.38. The van der Waals surface area contributed by atoms with E-state index in [4.69, 9.17) is 4.74 Å². The van der Waals surface area contributed by atoms with Crippen LogP contribution in [0.2, 0.25) is 0 Å². The van der Waals surface area contributed by atoms with Crippen molar-refractivity contribution in [2.24, 2.45) is 0 Å². The predicted octanol–water partition coefficient (Wildman–Crippen LogP) is 2.24. The number of methoxy groups -OCH3 is 1. The molecular weight excluding hydrogens is 352 g/mol. The van der Waals surface area contributed by atoms with Crippen LogP contribution in [0.15, 0.2) is 53.4 Å². The lowest BCUT2D eigenvalue weighted by Crippen LogP contribution is -2.26. The van der Waals surface area contributed by atoms with Crippen molar-refractivity contribution in [1.82, 2.24) is 10.0 Å². The van der Waals surface area contributed by atoms with Gasteiger partial charge in [-0.3, -0.25) is 4.79 Å². The van der Waals surface area contributed by atoms with Gasteiger partial charge in [0.2, 0.25) is 10.0 Å². The molecule has 2 aromatic rings. The molecule has 2 N–H and O–H groups in total. The molecular formula is C19H24N2O4S. The Morgan fingerprint density at radius 2 is 1.85 bits per heavy atom. The number of ether oxygens (including phenoxy) is 1. The third-order valence-corrected chi connectivity index (χ3v) is 5.20. The van der Waals surface area contributed by atoms with Gasteiger partial charge in [-0.2, -0.15) is 0 Å². The van der Waals surface area contributed by atoms with E-state index in [1.165, 1.54) is 24.3 Å². The van der Waals surface area contributed by atoms with E-state index >= 15 is 0 Å². The average molecular weight is 376 g/mol. The molecule has 0 radical (unpaired) electrons. The van der Waals surface area contributed by atoms with E-state index in [9.17, 15) is 13.2 Å². The second-order valence-corrected chi connectivity index (χ2v) is 7.71. The summed E-state index contributed by atoms with van der Waals surface area (Å²) in [5, 5.41) is 2.76. The Kier molecular flexibility index (Phi) is 7.32. The summed E-state index contributed by atoms with van der Waals surface area (Å²) in [4.78, 5) is 12.1. The number of amides is 1. The van der Waals surface area contributed by atoms with Crippen LogP contribution in [0.25, 0.3) is 0 Å². The smallest absolute Gasteiger partial charge is 0.251 e. The highest BCUT2D eigenvalue weighted by molar-refractivity contribution is 7.89. The van der Waals surface area contributed by atoms with Gasteiger partial charge in [0, 0.05) is 32.4 Å². The summed E-state index contributed by atoms with van der Waals surface area (Å²) < 4.78 is 32.3. The maximum atomic E-state index is 12.4. The molecule has 0 spiro atoms. The molecule has 0 unspecified atom stereocenters. The summed E-state index contributed by atoms with van der Waals surface area (Å²) >= 11 is 0. The highest BCUT2D eigenvalue weighted by Gasteiger charge is 2.14. The van der Waals surface area contributed by atoms with Crippen LogP contribution in [-0.2, 0) is 21.3 Å². The van der Waals surface area contributed by atoms with E-state index in [1.54, 1.807) is 7.11 Å². The molecule has 0 atom stereocenters. The Bertz CT molecular complexity index is 833. The van der Waals surface area contributed by atoms with Gasteiger partial charge in [0.25, 0.3) is 5.91 Å². The molecule has 0 saturated heterocycles. The fourth-order valence-corrected chi connectivity index (χ4v) is 3.41. The third-order valence-electron chi connectivity index (χ3n) is 3.79.